The molecule has 106 valence electrons. The third kappa shape index (κ3) is 3.76. The molecule has 2 atom stereocenters. The number of aldehydes is 1. The van der Waals surface area contributed by atoms with Crippen molar-refractivity contribution in [3.63, 3.8) is 0 Å². The lowest BCUT2D eigenvalue weighted by atomic mass is 9.95. The van der Waals surface area contributed by atoms with E-state index < -0.39 is 23.9 Å². The largest absolute Gasteiger partial charge is 0.416 e. The van der Waals surface area contributed by atoms with Gasteiger partial charge in [0.05, 0.1) is 11.7 Å². The Bertz CT molecular complexity index is 448. The number of nitrogens with two attached hydrogens (primary N) is 1. The molecule has 0 aliphatic heterocycles. The molecule has 0 saturated carbocycles. The minimum Gasteiger partial charge on any atom is -0.390 e. The average molecular weight is 277 g/mol. The van der Waals surface area contributed by atoms with Crippen LogP contribution in [0.25, 0.3) is 0 Å². The first-order valence-electron chi connectivity index (χ1n) is 5.53. The lowest BCUT2D eigenvalue weighted by Gasteiger charge is -2.20. The van der Waals surface area contributed by atoms with Gasteiger partial charge >= 0.3 is 6.18 Å². The van der Waals surface area contributed by atoms with Crippen LogP contribution in [0.5, 0.6) is 0 Å². The zero-order valence-corrected chi connectivity index (χ0v) is 9.89. The molecule has 0 saturated heterocycles. The predicted molar refractivity (Wildman–Crippen MR) is 61.5 cm³/mol. The van der Waals surface area contributed by atoms with Gasteiger partial charge in [-0.3, -0.25) is 4.79 Å². The number of alkyl halides is 3. The van der Waals surface area contributed by atoms with Gasteiger partial charge in [-0.25, -0.2) is 0 Å². The maximum absolute atomic E-state index is 12.6. The first kappa shape index (κ1) is 15.6. The van der Waals surface area contributed by atoms with Crippen LogP contribution in [-0.4, -0.2) is 29.1 Å². The molecule has 4 nitrogen and oxygen atoms in total. The zero-order chi connectivity index (χ0) is 14.6. The molecule has 0 amide bonds. The van der Waals surface area contributed by atoms with Gasteiger partial charge in [-0.1, -0.05) is 6.07 Å². The van der Waals surface area contributed by atoms with Crippen LogP contribution < -0.4 is 5.73 Å². The van der Waals surface area contributed by atoms with Crippen LogP contribution in [-0.2, 0) is 6.18 Å². The third-order valence-corrected chi connectivity index (χ3v) is 2.69. The van der Waals surface area contributed by atoms with Crippen LogP contribution in [0.4, 0.5) is 13.2 Å². The summed E-state index contributed by atoms with van der Waals surface area (Å²) in [5.41, 5.74) is 3.84. The Kier molecular flexibility index (Phi) is 5.04. The van der Waals surface area contributed by atoms with Crippen LogP contribution in [0.2, 0.25) is 0 Å². The summed E-state index contributed by atoms with van der Waals surface area (Å²) in [5.74, 6) is 0. The summed E-state index contributed by atoms with van der Waals surface area (Å²) < 4.78 is 37.7. The van der Waals surface area contributed by atoms with E-state index in [0.29, 0.717) is 12.4 Å². The molecule has 1 aromatic rings. The van der Waals surface area contributed by atoms with Gasteiger partial charge in [-0.05, 0) is 30.7 Å². The lowest BCUT2D eigenvalue weighted by Crippen LogP contribution is -2.23. The van der Waals surface area contributed by atoms with Crippen molar-refractivity contribution in [2.45, 2.75) is 24.8 Å². The summed E-state index contributed by atoms with van der Waals surface area (Å²) in [5, 5.41) is 19.3. The van der Waals surface area contributed by atoms with E-state index in [1.54, 1.807) is 0 Å². The Morgan fingerprint density at radius 3 is 2.42 bits per heavy atom. The molecule has 0 aliphatic carbocycles. The first-order valence-corrected chi connectivity index (χ1v) is 5.53. The summed E-state index contributed by atoms with van der Waals surface area (Å²) >= 11 is 0. The topological polar surface area (TPSA) is 83.6 Å². The normalized spacial score (nSPS) is 15.1. The summed E-state index contributed by atoms with van der Waals surface area (Å²) in [6, 6.07) is 2.37. The fourth-order valence-electron chi connectivity index (χ4n) is 1.65. The van der Waals surface area contributed by atoms with Gasteiger partial charge in [0.15, 0.2) is 0 Å². The first-order chi connectivity index (χ1) is 8.81. The molecule has 0 bridgehead atoms. The van der Waals surface area contributed by atoms with Crippen LogP contribution in [0.3, 0.4) is 0 Å². The standard InChI is InChI=1S/C12H14F3NO3/c13-12(14,15)8-2-1-7(6-17)9(5-8)11(19)10(18)3-4-16/h1-2,5-6,10-11,18-19H,3-4,16H2. The molecule has 0 radical (unpaired) electrons. The zero-order valence-electron chi connectivity index (χ0n) is 9.89. The second-order valence-electron chi connectivity index (χ2n) is 4.05. The smallest absolute Gasteiger partial charge is 0.390 e. The van der Waals surface area contributed by atoms with E-state index in [1.165, 1.54) is 0 Å². The van der Waals surface area contributed by atoms with Gasteiger partial charge in [-0.2, -0.15) is 13.2 Å². The fourth-order valence-corrected chi connectivity index (χ4v) is 1.65. The SMILES string of the molecule is NCCC(O)C(O)c1cc(C(F)(F)F)ccc1C=O. The van der Waals surface area contributed by atoms with Crippen LogP contribution in [0.15, 0.2) is 18.2 Å². The Hall–Kier alpha value is -1.44. The molecule has 0 heterocycles. The van der Waals surface area contributed by atoms with E-state index in [2.05, 4.69) is 0 Å². The van der Waals surface area contributed by atoms with E-state index in [0.717, 1.165) is 12.1 Å². The molecule has 0 aromatic heterocycles. The van der Waals surface area contributed by atoms with E-state index in [1.807, 2.05) is 0 Å². The highest BCUT2D eigenvalue weighted by molar-refractivity contribution is 5.77. The molecule has 4 N–H and O–H groups in total. The van der Waals surface area contributed by atoms with Gasteiger partial charge in [0.25, 0.3) is 0 Å². The van der Waals surface area contributed by atoms with Crippen molar-refractivity contribution in [2.75, 3.05) is 6.54 Å². The van der Waals surface area contributed by atoms with Crippen molar-refractivity contribution in [1.82, 2.24) is 0 Å². The van der Waals surface area contributed by atoms with Crippen molar-refractivity contribution in [1.29, 1.82) is 0 Å². The average Bonchev–Trinajstić information content (AvgIpc) is 2.36. The lowest BCUT2D eigenvalue weighted by molar-refractivity contribution is -0.137. The van der Waals surface area contributed by atoms with Crippen molar-refractivity contribution in [3.8, 4) is 0 Å². The third-order valence-electron chi connectivity index (χ3n) is 2.69. The van der Waals surface area contributed by atoms with Gasteiger partial charge in [0, 0.05) is 5.56 Å². The number of halogens is 3. The molecule has 19 heavy (non-hydrogen) atoms. The fraction of sp³-hybridized carbons (Fsp3) is 0.417. The number of benzene rings is 1. The molecule has 0 fully saturated rings. The van der Waals surface area contributed by atoms with Gasteiger partial charge < -0.3 is 15.9 Å². The van der Waals surface area contributed by atoms with E-state index in [4.69, 9.17) is 5.73 Å². The number of carbonyl (C=O) groups is 1. The minimum atomic E-state index is -4.59. The number of hydrogen-bond donors (Lipinski definition) is 3. The molecular weight excluding hydrogens is 263 g/mol. The summed E-state index contributed by atoms with van der Waals surface area (Å²) in [7, 11) is 0. The molecule has 2 unspecified atom stereocenters. The highest BCUT2D eigenvalue weighted by Crippen LogP contribution is 2.32. The Balaban J connectivity index is 3.19. The minimum absolute atomic E-state index is 0.00963. The number of rotatable bonds is 5. The Morgan fingerprint density at radius 1 is 1.32 bits per heavy atom. The van der Waals surface area contributed by atoms with Gasteiger partial charge in [0.1, 0.15) is 12.4 Å². The molecule has 1 rings (SSSR count). The molecular formula is C12H14F3NO3. The van der Waals surface area contributed by atoms with Crippen LogP contribution in [0, 0.1) is 0 Å². The summed E-state index contributed by atoms with van der Waals surface area (Å²) in [4.78, 5) is 10.8. The molecule has 1 aromatic carbocycles. The van der Waals surface area contributed by atoms with Crippen LogP contribution in [0.1, 0.15) is 34.0 Å². The van der Waals surface area contributed by atoms with Gasteiger partial charge in [0.2, 0.25) is 0 Å². The highest BCUT2D eigenvalue weighted by atomic mass is 19.4. The van der Waals surface area contributed by atoms with Gasteiger partial charge in [-0.15, -0.1) is 0 Å². The second-order valence-corrected chi connectivity index (χ2v) is 4.05. The Morgan fingerprint density at radius 2 is 1.95 bits per heavy atom. The molecule has 0 spiro atoms. The van der Waals surface area contributed by atoms with E-state index in [-0.39, 0.29) is 24.1 Å². The Labute approximate surface area is 107 Å². The van der Waals surface area contributed by atoms with Crippen molar-refractivity contribution < 1.29 is 28.2 Å². The van der Waals surface area contributed by atoms with E-state index >= 15 is 0 Å². The maximum Gasteiger partial charge on any atom is 0.416 e. The van der Waals surface area contributed by atoms with Crippen molar-refractivity contribution >= 4 is 6.29 Å². The monoisotopic (exact) mass is 277 g/mol. The summed E-state index contributed by atoms with van der Waals surface area (Å²) in [6.45, 7) is 0.0631. The number of aliphatic hydroxyl groups excluding tert-OH is 2. The number of aliphatic hydroxyl groups is 2. The second kappa shape index (κ2) is 6.14. The van der Waals surface area contributed by atoms with Crippen LogP contribution >= 0.6 is 0 Å². The number of hydrogen-bond acceptors (Lipinski definition) is 4. The quantitative estimate of drug-likeness (QED) is 0.707. The maximum atomic E-state index is 12.6. The van der Waals surface area contributed by atoms with Crippen molar-refractivity contribution in [2.24, 2.45) is 5.73 Å². The van der Waals surface area contributed by atoms with E-state index in [9.17, 15) is 28.2 Å². The highest BCUT2D eigenvalue weighted by Gasteiger charge is 2.32. The molecule has 0 aliphatic rings. The summed E-state index contributed by atoms with van der Waals surface area (Å²) in [6.07, 6.45) is -7.17. The van der Waals surface area contributed by atoms with Crippen molar-refractivity contribution in [3.05, 3.63) is 34.9 Å². The number of carbonyl (C=O) groups excluding carboxylic acids is 1. The predicted octanol–water partition coefficient (Wildman–Crippen LogP) is 1.26. The molecule has 7 heteroatoms.